The molecule has 3 rings (SSSR count). The summed E-state index contributed by atoms with van der Waals surface area (Å²) in [6, 6.07) is 1.39. The first-order chi connectivity index (χ1) is 10.1. The number of piperidine rings is 2. The van der Waals surface area contributed by atoms with Gasteiger partial charge in [0.15, 0.2) is 0 Å². The van der Waals surface area contributed by atoms with Crippen LogP contribution >= 0.6 is 11.3 Å². The lowest BCUT2D eigenvalue weighted by atomic mass is 9.71. The highest BCUT2D eigenvalue weighted by atomic mass is 32.1. The van der Waals surface area contributed by atoms with Crippen molar-refractivity contribution in [3.63, 3.8) is 0 Å². The minimum Gasteiger partial charge on any atom is -0.339 e. The Hall–Kier alpha value is -1.47. The first-order valence-electron chi connectivity index (χ1n) is 7.33. The summed E-state index contributed by atoms with van der Waals surface area (Å²) >= 11 is 1.02. The van der Waals surface area contributed by atoms with Crippen LogP contribution in [0, 0.1) is 15.5 Å². The fraction of sp³-hybridized carbons (Fsp3) is 0.643. The topological polar surface area (TPSA) is 75.5 Å². The average molecular weight is 309 g/mol. The van der Waals surface area contributed by atoms with Gasteiger partial charge in [-0.15, -0.1) is 0 Å². The zero-order valence-electron chi connectivity index (χ0n) is 11.8. The molecule has 0 saturated carbocycles. The van der Waals surface area contributed by atoms with Crippen molar-refractivity contribution in [2.75, 3.05) is 26.2 Å². The molecule has 0 bridgehead atoms. The van der Waals surface area contributed by atoms with E-state index in [0.717, 1.165) is 50.4 Å². The fourth-order valence-electron chi connectivity index (χ4n) is 3.36. The van der Waals surface area contributed by atoms with E-state index >= 15 is 0 Å². The van der Waals surface area contributed by atoms with Gasteiger partial charge in [0.1, 0.15) is 0 Å². The number of carbonyl (C=O) groups excluding carboxylic acids is 1. The van der Waals surface area contributed by atoms with Crippen LogP contribution in [0.5, 0.6) is 0 Å². The van der Waals surface area contributed by atoms with Crippen LogP contribution in [0.1, 0.15) is 36.0 Å². The molecule has 2 saturated heterocycles. The van der Waals surface area contributed by atoms with Crippen LogP contribution in [0.2, 0.25) is 0 Å². The summed E-state index contributed by atoms with van der Waals surface area (Å²) < 4.78 is 0. The molecule has 1 aromatic heterocycles. The van der Waals surface area contributed by atoms with E-state index in [-0.39, 0.29) is 10.9 Å². The van der Waals surface area contributed by atoms with Gasteiger partial charge in [-0.25, -0.2) is 0 Å². The van der Waals surface area contributed by atoms with Gasteiger partial charge in [0.05, 0.1) is 10.5 Å². The molecule has 2 aliphatic rings. The summed E-state index contributed by atoms with van der Waals surface area (Å²) in [5.74, 6) is -0.0665. The highest BCUT2D eigenvalue weighted by Crippen LogP contribution is 2.39. The Morgan fingerprint density at radius 3 is 2.52 bits per heavy atom. The summed E-state index contributed by atoms with van der Waals surface area (Å²) in [7, 11) is 0. The van der Waals surface area contributed by atoms with Crippen LogP contribution in [0.25, 0.3) is 0 Å². The van der Waals surface area contributed by atoms with E-state index in [1.807, 2.05) is 4.90 Å². The van der Waals surface area contributed by atoms with Gasteiger partial charge >= 0.3 is 5.00 Å². The quantitative estimate of drug-likeness (QED) is 0.671. The van der Waals surface area contributed by atoms with Gasteiger partial charge in [-0.05, 0) is 44.2 Å². The third kappa shape index (κ3) is 2.94. The minimum atomic E-state index is -0.443. The Morgan fingerprint density at radius 1 is 1.29 bits per heavy atom. The maximum absolute atomic E-state index is 12.4. The number of hydrogen-bond donors (Lipinski definition) is 1. The summed E-state index contributed by atoms with van der Waals surface area (Å²) in [6.07, 6.45) is 4.48. The lowest BCUT2D eigenvalue weighted by Crippen LogP contribution is -2.47. The molecule has 1 spiro atoms. The molecule has 6 nitrogen and oxygen atoms in total. The van der Waals surface area contributed by atoms with Crippen molar-refractivity contribution in [1.29, 1.82) is 0 Å². The number of amides is 1. The molecule has 0 unspecified atom stereocenters. The molecule has 7 heteroatoms. The van der Waals surface area contributed by atoms with E-state index < -0.39 is 4.92 Å². The van der Waals surface area contributed by atoms with Gasteiger partial charge in [-0.2, -0.15) is 0 Å². The van der Waals surface area contributed by atoms with Gasteiger partial charge in [-0.1, -0.05) is 11.3 Å². The third-order valence-electron chi connectivity index (χ3n) is 4.79. The van der Waals surface area contributed by atoms with Crippen molar-refractivity contribution in [3.05, 3.63) is 27.1 Å². The Kier molecular flexibility index (Phi) is 3.95. The molecule has 1 aromatic rings. The van der Waals surface area contributed by atoms with Crippen LogP contribution in [0.15, 0.2) is 11.4 Å². The maximum Gasteiger partial charge on any atom is 0.324 e. The summed E-state index contributed by atoms with van der Waals surface area (Å²) in [5, 5.41) is 15.7. The second-order valence-corrected chi connectivity index (χ2v) is 6.86. The molecule has 21 heavy (non-hydrogen) atoms. The molecule has 0 aliphatic carbocycles. The first kappa shape index (κ1) is 14.5. The maximum atomic E-state index is 12.4. The number of hydrogen-bond acceptors (Lipinski definition) is 5. The van der Waals surface area contributed by atoms with Crippen molar-refractivity contribution < 1.29 is 9.72 Å². The second-order valence-electron chi connectivity index (χ2n) is 5.97. The van der Waals surface area contributed by atoms with Crippen molar-refractivity contribution in [3.8, 4) is 0 Å². The molecule has 0 radical (unpaired) electrons. The second kappa shape index (κ2) is 5.73. The number of rotatable bonds is 2. The molecule has 2 aliphatic heterocycles. The van der Waals surface area contributed by atoms with E-state index in [0.29, 0.717) is 11.0 Å². The number of nitrogens with zero attached hydrogens (tertiary/aromatic N) is 2. The van der Waals surface area contributed by atoms with Crippen LogP contribution < -0.4 is 5.32 Å². The smallest absolute Gasteiger partial charge is 0.324 e. The molecule has 3 heterocycles. The van der Waals surface area contributed by atoms with Crippen LogP contribution in [0.4, 0.5) is 5.00 Å². The van der Waals surface area contributed by atoms with Gasteiger partial charge < -0.3 is 10.2 Å². The van der Waals surface area contributed by atoms with Crippen molar-refractivity contribution in [2.24, 2.45) is 5.41 Å². The predicted octanol–water partition coefficient (Wildman–Crippen LogP) is 2.26. The molecular formula is C14H19N3O3S. The van der Waals surface area contributed by atoms with E-state index in [9.17, 15) is 14.9 Å². The van der Waals surface area contributed by atoms with Crippen molar-refractivity contribution >= 4 is 22.2 Å². The average Bonchev–Trinajstić information content (AvgIpc) is 2.98. The van der Waals surface area contributed by atoms with E-state index in [2.05, 4.69) is 5.32 Å². The zero-order chi connectivity index (χ0) is 14.9. The fourth-order valence-corrected chi connectivity index (χ4v) is 4.05. The Balaban J connectivity index is 1.63. The molecule has 114 valence electrons. The minimum absolute atomic E-state index is 0.0326. The van der Waals surface area contributed by atoms with E-state index in [4.69, 9.17) is 0 Å². The first-order valence-corrected chi connectivity index (χ1v) is 8.21. The Bertz CT molecular complexity index is 541. The summed E-state index contributed by atoms with van der Waals surface area (Å²) in [5.41, 5.74) is 0.857. The highest BCUT2D eigenvalue weighted by molar-refractivity contribution is 7.13. The Morgan fingerprint density at radius 2 is 1.95 bits per heavy atom. The highest BCUT2D eigenvalue weighted by Gasteiger charge is 2.37. The molecule has 0 aromatic carbocycles. The van der Waals surface area contributed by atoms with Crippen LogP contribution in [-0.4, -0.2) is 41.9 Å². The van der Waals surface area contributed by atoms with Gasteiger partial charge in [0.2, 0.25) is 0 Å². The SMILES string of the molecule is O=C(c1csc([N+](=O)[O-])c1)N1CCC2(CCNCC2)CC1. The van der Waals surface area contributed by atoms with Crippen LogP contribution in [-0.2, 0) is 0 Å². The number of nitro groups is 1. The van der Waals surface area contributed by atoms with Gasteiger partial charge in [-0.3, -0.25) is 14.9 Å². The van der Waals surface area contributed by atoms with Gasteiger partial charge in [0, 0.05) is 24.5 Å². The van der Waals surface area contributed by atoms with E-state index in [1.165, 1.54) is 18.9 Å². The van der Waals surface area contributed by atoms with E-state index in [1.54, 1.807) is 5.38 Å². The number of thiophene rings is 1. The third-order valence-corrected chi connectivity index (χ3v) is 5.67. The predicted molar refractivity (Wildman–Crippen MR) is 80.6 cm³/mol. The lowest BCUT2D eigenvalue weighted by molar-refractivity contribution is -0.380. The van der Waals surface area contributed by atoms with Crippen LogP contribution in [0.3, 0.4) is 0 Å². The Labute approximate surface area is 127 Å². The molecule has 1 N–H and O–H groups in total. The normalized spacial score (nSPS) is 21.4. The van der Waals surface area contributed by atoms with Crippen molar-refractivity contribution in [2.45, 2.75) is 25.7 Å². The summed E-state index contributed by atoms with van der Waals surface area (Å²) in [4.78, 5) is 24.5. The molecule has 1 amide bonds. The standard InChI is InChI=1S/C14H19N3O3S/c18-13(11-9-12(17(19)20)21-10-11)16-7-3-14(4-8-16)1-5-15-6-2-14/h9-10,15H,1-8H2. The number of likely N-dealkylation sites (tertiary alicyclic amines) is 1. The largest absolute Gasteiger partial charge is 0.339 e. The molecule has 2 fully saturated rings. The number of carbonyl (C=O) groups is 1. The molecule has 0 atom stereocenters. The number of nitrogens with one attached hydrogen (secondary N) is 1. The van der Waals surface area contributed by atoms with Crippen molar-refractivity contribution in [1.82, 2.24) is 10.2 Å². The molecular weight excluding hydrogens is 290 g/mol. The van der Waals surface area contributed by atoms with Gasteiger partial charge in [0.25, 0.3) is 5.91 Å². The summed E-state index contributed by atoms with van der Waals surface area (Å²) in [6.45, 7) is 3.68. The lowest BCUT2D eigenvalue weighted by Gasteiger charge is -2.44. The zero-order valence-corrected chi connectivity index (χ0v) is 12.7. The monoisotopic (exact) mass is 309 g/mol.